The van der Waals surface area contributed by atoms with Crippen molar-refractivity contribution in [2.75, 3.05) is 20.3 Å². The van der Waals surface area contributed by atoms with Crippen molar-refractivity contribution in [1.82, 2.24) is 5.32 Å². The van der Waals surface area contributed by atoms with E-state index in [1.54, 1.807) is 24.3 Å². The van der Waals surface area contributed by atoms with Gasteiger partial charge in [0.1, 0.15) is 17.7 Å². The molecule has 0 aliphatic rings. The van der Waals surface area contributed by atoms with E-state index in [0.717, 1.165) is 12.0 Å². The Balaban J connectivity index is 1.97. The number of carbonyl (C=O) groups is 1. The van der Waals surface area contributed by atoms with Crippen LogP contribution in [0.1, 0.15) is 11.1 Å². The summed E-state index contributed by atoms with van der Waals surface area (Å²) in [6.45, 7) is 0.347. The highest BCUT2D eigenvalue weighted by molar-refractivity contribution is 9.10. The van der Waals surface area contributed by atoms with Crippen LogP contribution in [0.4, 0.5) is 0 Å². The molecule has 0 aromatic heterocycles. The van der Waals surface area contributed by atoms with Crippen LogP contribution in [0.15, 0.2) is 52.5 Å². The van der Waals surface area contributed by atoms with Crippen LogP contribution >= 0.6 is 15.9 Å². The van der Waals surface area contributed by atoms with Gasteiger partial charge in [-0.1, -0.05) is 30.3 Å². The van der Waals surface area contributed by atoms with Gasteiger partial charge in [0.25, 0.3) is 5.91 Å². The second-order valence-corrected chi connectivity index (χ2v) is 6.54. The molecule has 0 heterocycles. The Labute approximate surface area is 172 Å². The summed E-state index contributed by atoms with van der Waals surface area (Å²) >= 11 is 3.37. The van der Waals surface area contributed by atoms with Crippen molar-refractivity contribution < 1.29 is 14.3 Å². The molecule has 2 aromatic rings. The molecule has 2 rings (SSSR count). The highest BCUT2D eigenvalue weighted by atomic mass is 79.9. The van der Waals surface area contributed by atoms with Crippen LogP contribution in [-0.4, -0.2) is 26.2 Å². The van der Waals surface area contributed by atoms with Crippen LogP contribution in [-0.2, 0) is 11.2 Å². The Bertz CT molecular complexity index is 928. The van der Waals surface area contributed by atoms with E-state index in [-0.39, 0.29) is 18.1 Å². The number of allylic oxidation sites excluding steroid dienone is 1. The van der Waals surface area contributed by atoms with Gasteiger partial charge in [0.05, 0.1) is 11.6 Å². The molecule has 6 nitrogen and oxygen atoms in total. The summed E-state index contributed by atoms with van der Waals surface area (Å²) in [5, 5.41) is 20.6. The molecule has 0 spiro atoms. The summed E-state index contributed by atoms with van der Waals surface area (Å²) in [5.41, 5.74) is 1.72. The van der Waals surface area contributed by atoms with Crippen molar-refractivity contribution in [3.8, 4) is 23.6 Å². The molecular formula is C21H18BrN3O3. The zero-order valence-electron chi connectivity index (χ0n) is 15.2. The van der Waals surface area contributed by atoms with E-state index in [9.17, 15) is 4.79 Å². The van der Waals surface area contributed by atoms with Crippen molar-refractivity contribution in [3.63, 3.8) is 0 Å². The van der Waals surface area contributed by atoms with Crippen molar-refractivity contribution in [2.45, 2.75) is 6.42 Å². The van der Waals surface area contributed by atoms with E-state index in [1.807, 2.05) is 30.3 Å². The summed E-state index contributed by atoms with van der Waals surface area (Å²) in [4.78, 5) is 12.0. The number of benzene rings is 2. The smallest absolute Gasteiger partial charge is 0.257 e. The van der Waals surface area contributed by atoms with Gasteiger partial charge < -0.3 is 14.8 Å². The minimum absolute atomic E-state index is 0.0274. The van der Waals surface area contributed by atoms with E-state index in [1.165, 1.54) is 13.2 Å². The van der Waals surface area contributed by atoms with Crippen molar-refractivity contribution in [1.29, 1.82) is 10.5 Å². The van der Waals surface area contributed by atoms with Crippen molar-refractivity contribution in [3.05, 3.63) is 63.6 Å². The number of hydrogen-bond donors (Lipinski definition) is 1. The lowest BCUT2D eigenvalue weighted by Crippen LogP contribution is -2.30. The number of nitriles is 2. The Morgan fingerprint density at radius 2 is 1.93 bits per heavy atom. The SMILES string of the molecule is COc1cc(C=C(C#N)C#N)cc(Br)c1OCC(=O)NCCc1ccccc1. The van der Waals surface area contributed by atoms with Crippen LogP contribution in [0, 0.1) is 22.7 Å². The van der Waals surface area contributed by atoms with Crippen molar-refractivity contribution >= 4 is 27.9 Å². The second kappa shape index (κ2) is 10.8. The number of rotatable bonds is 8. The fourth-order valence-corrected chi connectivity index (χ4v) is 2.97. The fourth-order valence-electron chi connectivity index (χ4n) is 2.40. The quantitative estimate of drug-likeness (QED) is 0.633. The largest absolute Gasteiger partial charge is 0.493 e. The first-order valence-corrected chi connectivity index (χ1v) is 9.19. The number of hydrogen-bond acceptors (Lipinski definition) is 5. The molecule has 0 bridgehead atoms. The number of nitrogens with one attached hydrogen (secondary N) is 1. The first-order chi connectivity index (χ1) is 13.6. The minimum Gasteiger partial charge on any atom is -0.493 e. The molecule has 0 radical (unpaired) electrons. The molecule has 0 saturated carbocycles. The predicted octanol–water partition coefficient (Wildman–Crippen LogP) is 3.63. The molecule has 1 amide bonds. The van der Waals surface area contributed by atoms with Crippen molar-refractivity contribution in [2.24, 2.45) is 0 Å². The van der Waals surface area contributed by atoms with Gasteiger partial charge in [-0.15, -0.1) is 0 Å². The zero-order chi connectivity index (χ0) is 20.4. The van der Waals surface area contributed by atoms with Gasteiger partial charge in [-0.2, -0.15) is 10.5 Å². The first-order valence-electron chi connectivity index (χ1n) is 8.40. The zero-order valence-corrected chi connectivity index (χ0v) is 16.8. The summed E-state index contributed by atoms with van der Waals surface area (Å²) in [6, 6.07) is 16.8. The lowest BCUT2D eigenvalue weighted by molar-refractivity contribution is -0.123. The van der Waals surface area contributed by atoms with Gasteiger partial charge in [-0.05, 0) is 51.7 Å². The van der Waals surface area contributed by atoms with Crippen LogP contribution in [0.25, 0.3) is 6.08 Å². The fraction of sp³-hybridized carbons (Fsp3) is 0.190. The predicted molar refractivity (Wildman–Crippen MR) is 109 cm³/mol. The van der Waals surface area contributed by atoms with Crippen LogP contribution in [0.3, 0.4) is 0 Å². The maximum absolute atomic E-state index is 12.0. The van der Waals surface area contributed by atoms with Crippen LogP contribution in [0.5, 0.6) is 11.5 Å². The van der Waals surface area contributed by atoms with Gasteiger partial charge in [0.15, 0.2) is 18.1 Å². The molecule has 0 fully saturated rings. The monoisotopic (exact) mass is 439 g/mol. The maximum atomic E-state index is 12.0. The molecule has 2 aromatic carbocycles. The normalized spacial score (nSPS) is 9.57. The Hall–Kier alpha value is -3.29. The molecule has 28 heavy (non-hydrogen) atoms. The Morgan fingerprint density at radius 1 is 1.21 bits per heavy atom. The van der Waals surface area contributed by atoms with Gasteiger partial charge in [-0.3, -0.25) is 4.79 Å². The molecule has 0 saturated heterocycles. The first kappa shape index (κ1) is 21.0. The minimum atomic E-state index is -0.245. The molecule has 1 N–H and O–H groups in total. The average Bonchev–Trinajstić information content (AvgIpc) is 2.71. The summed E-state index contributed by atoms with van der Waals surface area (Å²) < 4.78 is 11.5. The van der Waals surface area contributed by atoms with E-state index < -0.39 is 0 Å². The lowest BCUT2D eigenvalue weighted by Gasteiger charge is -2.13. The second-order valence-electron chi connectivity index (χ2n) is 5.69. The standard InChI is InChI=1S/C21H18BrN3O3/c1-27-19-11-16(9-17(12-23)13-24)10-18(22)21(19)28-14-20(26)25-8-7-15-5-3-2-4-6-15/h2-6,9-11H,7-8,14H2,1H3,(H,25,26). The number of methoxy groups -OCH3 is 1. The lowest BCUT2D eigenvalue weighted by atomic mass is 10.1. The maximum Gasteiger partial charge on any atom is 0.257 e. The molecule has 0 aliphatic carbocycles. The van der Waals surface area contributed by atoms with Gasteiger partial charge >= 0.3 is 0 Å². The summed E-state index contributed by atoms with van der Waals surface area (Å²) in [6.07, 6.45) is 2.17. The Morgan fingerprint density at radius 3 is 2.57 bits per heavy atom. The van der Waals surface area contributed by atoms with E-state index >= 15 is 0 Å². The number of nitrogens with zero attached hydrogens (tertiary/aromatic N) is 2. The highest BCUT2D eigenvalue weighted by Crippen LogP contribution is 2.37. The molecule has 7 heteroatoms. The number of carbonyl (C=O) groups excluding carboxylic acids is 1. The average molecular weight is 440 g/mol. The third kappa shape index (κ3) is 6.15. The molecule has 142 valence electrons. The van der Waals surface area contributed by atoms with E-state index in [2.05, 4.69) is 21.2 Å². The third-order valence-corrected chi connectivity index (χ3v) is 4.32. The summed E-state index contributed by atoms with van der Waals surface area (Å²) in [5.74, 6) is 0.506. The molecule has 0 atom stereocenters. The number of ether oxygens (including phenoxy) is 2. The number of amides is 1. The van der Waals surface area contributed by atoms with E-state index in [4.69, 9.17) is 20.0 Å². The molecular weight excluding hydrogens is 422 g/mol. The molecule has 0 aliphatic heterocycles. The van der Waals surface area contributed by atoms with Crippen LogP contribution in [0.2, 0.25) is 0 Å². The van der Waals surface area contributed by atoms with Gasteiger partial charge in [0, 0.05) is 6.54 Å². The highest BCUT2D eigenvalue weighted by Gasteiger charge is 2.13. The number of halogens is 1. The Kier molecular flexibility index (Phi) is 8.08. The van der Waals surface area contributed by atoms with Gasteiger partial charge in [-0.25, -0.2) is 0 Å². The molecule has 0 unspecified atom stereocenters. The third-order valence-electron chi connectivity index (χ3n) is 3.73. The topological polar surface area (TPSA) is 95.1 Å². The van der Waals surface area contributed by atoms with Gasteiger partial charge in [0.2, 0.25) is 0 Å². The van der Waals surface area contributed by atoms with E-state index in [0.29, 0.717) is 28.1 Å². The van der Waals surface area contributed by atoms with Crippen LogP contribution < -0.4 is 14.8 Å². The summed E-state index contributed by atoms with van der Waals surface area (Å²) in [7, 11) is 1.47.